The van der Waals surface area contributed by atoms with Crippen molar-refractivity contribution in [1.82, 2.24) is 10.2 Å². The third kappa shape index (κ3) is 4.18. The van der Waals surface area contributed by atoms with Crippen LogP contribution in [0.25, 0.3) is 17.5 Å². The molecule has 0 spiro atoms. The highest BCUT2D eigenvalue weighted by molar-refractivity contribution is 8.03. The summed E-state index contributed by atoms with van der Waals surface area (Å²) in [6, 6.07) is 11.3. The number of aromatic nitrogens is 2. The molecule has 132 valence electrons. The number of hydrogen-bond donors (Lipinski definition) is 0. The van der Waals surface area contributed by atoms with Crippen LogP contribution in [0.15, 0.2) is 57.0 Å². The number of rotatable bonds is 5. The van der Waals surface area contributed by atoms with Gasteiger partial charge < -0.3 is 14.3 Å². The zero-order valence-electron chi connectivity index (χ0n) is 14.0. The number of halogens is 1. The second-order valence-electron chi connectivity index (χ2n) is 5.64. The monoisotopic (exact) mass is 369 g/mol. The Bertz CT molecular complexity index is 981. The van der Waals surface area contributed by atoms with Crippen LogP contribution in [-0.2, 0) is 4.79 Å². The van der Waals surface area contributed by atoms with E-state index >= 15 is 0 Å². The van der Waals surface area contributed by atoms with Crippen LogP contribution in [0.2, 0.25) is 0 Å². The van der Waals surface area contributed by atoms with Crippen LogP contribution in [0.1, 0.15) is 16.7 Å². The van der Waals surface area contributed by atoms with E-state index in [9.17, 15) is 14.3 Å². The summed E-state index contributed by atoms with van der Waals surface area (Å²) >= 11 is 0.810. The zero-order valence-corrected chi connectivity index (χ0v) is 14.8. The first kappa shape index (κ1) is 17.9. The van der Waals surface area contributed by atoms with Crippen molar-refractivity contribution in [1.29, 1.82) is 0 Å². The van der Waals surface area contributed by atoms with Gasteiger partial charge >= 0.3 is 0 Å². The van der Waals surface area contributed by atoms with Crippen LogP contribution in [-0.4, -0.2) is 16.2 Å². The Morgan fingerprint density at radius 1 is 1.15 bits per heavy atom. The molecule has 0 saturated carbocycles. The molecule has 3 aromatic rings. The summed E-state index contributed by atoms with van der Waals surface area (Å²) in [5.74, 6) is -1.53. The predicted molar refractivity (Wildman–Crippen MR) is 94.4 cm³/mol. The number of carboxylic acid groups (broad SMARTS) is 1. The molecule has 0 aliphatic heterocycles. The van der Waals surface area contributed by atoms with Gasteiger partial charge in [-0.25, -0.2) is 4.39 Å². The van der Waals surface area contributed by atoms with Gasteiger partial charge in [-0.3, -0.25) is 0 Å². The van der Waals surface area contributed by atoms with Crippen LogP contribution in [0.4, 0.5) is 4.39 Å². The number of benzene rings is 2. The molecule has 0 unspecified atom stereocenters. The molecule has 7 heteroatoms. The van der Waals surface area contributed by atoms with Gasteiger partial charge in [0.25, 0.3) is 5.22 Å². The molecular formula is C19H14FN2O3S-. The molecule has 0 aliphatic rings. The summed E-state index contributed by atoms with van der Waals surface area (Å²) in [4.78, 5) is 11.4. The second kappa shape index (κ2) is 7.53. The quantitative estimate of drug-likeness (QED) is 0.507. The average Bonchev–Trinajstić information content (AvgIpc) is 3.06. The number of carbonyl (C=O) groups is 1. The number of aliphatic carboxylic acids is 1. The number of thioether (sulfide) groups is 1. The molecule has 0 aliphatic carbocycles. The molecule has 0 radical (unpaired) electrons. The minimum absolute atomic E-state index is 0.0481. The number of carboxylic acids is 1. The molecule has 0 N–H and O–H groups in total. The number of aryl methyl sites for hydroxylation is 2. The van der Waals surface area contributed by atoms with Gasteiger partial charge in [0.1, 0.15) is 5.82 Å². The molecule has 5 nitrogen and oxygen atoms in total. The van der Waals surface area contributed by atoms with Gasteiger partial charge in [-0.05, 0) is 67.1 Å². The minimum atomic E-state index is -1.34. The van der Waals surface area contributed by atoms with Gasteiger partial charge in [-0.2, -0.15) is 0 Å². The summed E-state index contributed by atoms with van der Waals surface area (Å²) < 4.78 is 18.5. The fraction of sp³-hybridized carbons (Fsp3) is 0.105. The Labute approximate surface area is 153 Å². The van der Waals surface area contributed by atoms with Crippen molar-refractivity contribution in [2.75, 3.05) is 0 Å². The van der Waals surface area contributed by atoms with Crippen LogP contribution in [0, 0.1) is 19.7 Å². The third-order valence-electron chi connectivity index (χ3n) is 3.62. The normalized spacial score (nSPS) is 11.6. The van der Waals surface area contributed by atoms with Gasteiger partial charge in [0.2, 0.25) is 5.89 Å². The van der Waals surface area contributed by atoms with E-state index in [1.54, 1.807) is 0 Å². The first-order valence-electron chi connectivity index (χ1n) is 7.70. The van der Waals surface area contributed by atoms with Gasteiger partial charge in [0, 0.05) is 10.5 Å². The summed E-state index contributed by atoms with van der Waals surface area (Å²) in [5, 5.41) is 19.3. The smallest absolute Gasteiger partial charge is 0.281 e. The molecular weight excluding hydrogens is 355 g/mol. The largest absolute Gasteiger partial charge is 0.544 e. The molecule has 0 bridgehead atoms. The Morgan fingerprint density at radius 2 is 1.88 bits per heavy atom. The van der Waals surface area contributed by atoms with Crippen molar-refractivity contribution in [3.05, 3.63) is 69.9 Å². The molecule has 1 heterocycles. The SMILES string of the molecule is Cc1ccc(C)c(/C=C(/Sc2nnc(-c3ccc(F)cc3)o2)C(=O)[O-])c1. The first-order valence-corrected chi connectivity index (χ1v) is 8.51. The number of hydrogen-bond acceptors (Lipinski definition) is 6. The molecule has 3 rings (SSSR count). The lowest BCUT2D eigenvalue weighted by atomic mass is 10.1. The highest BCUT2D eigenvalue weighted by Gasteiger charge is 2.13. The fourth-order valence-corrected chi connectivity index (χ4v) is 2.90. The third-order valence-corrected chi connectivity index (χ3v) is 4.46. The molecule has 2 aromatic carbocycles. The number of carbonyl (C=O) groups excluding carboxylic acids is 1. The topological polar surface area (TPSA) is 79.0 Å². The summed E-state index contributed by atoms with van der Waals surface area (Å²) in [5.41, 5.74) is 3.27. The standard InChI is InChI=1S/C19H15FN2O3S/c1-11-3-4-12(2)14(9-11)10-16(18(23)24)26-19-22-21-17(25-19)13-5-7-15(20)8-6-13/h3-10H,1-2H3,(H,23,24)/p-1/b16-10+. The predicted octanol–water partition coefficient (Wildman–Crippen LogP) is 3.38. The van der Waals surface area contributed by atoms with Crippen LogP contribution in [0.3, 0.4) is 0 Å². The molecule has 0 amide bonds. The lowest BCUT2D eigenvalue weighted by Gasteiger charge is -2.08. The maximum Gasteiger partial charge on any atom is 0.281 e. The van der Waals surface area contributed by atoms with Crippen LogP contribution in [0.5, 0.6) is 0 Å². The van der Waals surface area contributed by atoms with Crippen molar-refractivity contribution >= 4 is 23.8 Å². The van der Waals surface area contributed by atoms with E-state index in [0.717, 1.165) is 28.5 Å². The van der Waals surface area contributed by atoms with Crippen molar-refractivity contribution in [3.8, 4) is 11.5 Å². The Balaban J connectivity index is 1.87. The average molecular weight is 369 g/mol. The first-order chi connectivity index (χ1) is 12.4. The van der Waals surface area contributed by atoms with Crippen molar-refractivity contribution in [3.63, 3.8) is 0 Å². The van der Waals surface area contributed by atoms with E-state index in [4.69, 9.17) is 4.42 Å². The minimum Gasteiger partial charge on any atom is -0.544 e. The maximum absolute atomic E-state index is 13.0. The Morgan fingerprint density at radius 3 is 2.58 bits per heavy atom. The lowest BCUT2D eigenvalue weighted by molar-refractivity contribution is -0.298. The highest BCUT2D eigenvalue weighted by atomic mass is 32.2. The molecule has 0 saturated heterocycles. The molecule has 0 atom stereocenters. The Kier molecular flexibility index (Phi) is 5.18. The Hall–Kier alpha value is -2.93. The van der Waals surface area contributed by atoms with Crippen LogP contribution >= 0.6 is 11.8 Å². The van der Waals surface area contributed by atoms with Crippen molar-refractivity contribution in [2.45, 2.75) is 19.1 Å². The highest BCUT2D eigenvalue weighted by Crippen LogP contribution is 2.30. The van der Waals surface area contributed by atoms with Crippen molar-refractivity contribution < 1.29 is 18.7 Å². The fourth-order valence-electron chi connectivity index (χ4n) is 2.24. The summed E-state index contributed by atoms with van der Waals surface area (Å²) in [6.45, 7) is 3.82. The van der Waals surface area contributed by atoms with E-state index < -0.39 is 5.97 Å². The van der Waals surface area contributed by atoms with Crippen molar-refractivity contribution in [2.24, 2.45) is 0 Å². The molecule has 1 aromatic heterocycles. The van der Waals surface area contributed by atoms with E-state index in [0.29, 0.717) is 5.56 Å². The van der Waals surface area contributed by atoms with Gasteiger partial charge in [0.15, 0.2) is 0 Å². The zero-order chi connectivity index (χ0) is 18.7. The van der Waals surface area contributed by atoms with E-state index in [2.05, 4.69) is 10.2 Å². The van der Waals surface area contributed by atoms with E-state index in [1.165, 1.54) is 30.3 Å². The lowest BCUT2D eigenvalue weighted by Crippen LogP contribution is -2.23. The van der Waals surface area contributed by atoms with E-state index in [1.807, 2.05) is 32.0 Å². The number of nitrogens with zero attached hydrogens (tertiary/aromatic N) is 2. The summed E-state index contributed by atoms with van der Waals surface area (Å²) in [7, 11) is 0. The second-order valence-corrected chi connectivity index (χ2v) is 6.63. The maximum atomic E-state index is 13.0. The van der Waals surface area contributed by atoms with Gasteiger partial charge in [-0.1, -0.05) is 23.8 Å². The van der Waals surface area contributed by atoms with Gasteiger partial charge in [0.05, 0.1) is 5.97 Å². The van der Waals surface area contributed by atoms with Gasteiger partial charge in [-0.15, -0.1) is 10.2 Å². The molecule has 0 fully saturated rings. The van der Waals surface area contributed by atoms with Crippen LogP contribution < -0.4 is 5.11 Å². The van der Waals surface area contributed by atoms with E-state index in [-0.39, 0.29) is 21.8 Å². The molecule has 26 heavy (non-hydrogen) atoms. The summed E-state index contributed by atoms with van der Waals surface area (Å²) in [6.07, 6.45) is 1.52.